The molecule has 2 aromatic heterocycles. The van der Waals surface area contributed by atoms with E-state index in [-0.39, 0.29) is 29.1 Å². The maximum absolute atomic E-state index is 13.6. The summed E-state index contributed by atoms with van der Waals surface area (Å²) in [5, 5.41) is 13.5. The van der Waals surface area contributed by atoms with E-state index in [9.17, 15) is 27.5 Å². The van der Waals surface area contributed by atoms with Crippen LogP contribution in [0.1, 0.15) is 38.4 Å². The van der Waals surface area contributed by atoms with Crippen molar-refractivity contribution in [2.45, 2.75) is 26.1 Å². The highest BCUT2D eigenvalue weighted by atomic mass is 19.4. The highest BCUT2D eigenvalue weighted by molar-refractivity contribution is 5.95. The predicted molar refractivity (Wildman–Crippen MR) is 94.7 cm³/mol. The van der Waals surface area contributed by atoms with Gasteiger partial charge in [-0.05, 0) is 54.8 Å². The lowest BCUT2D eigenvalue weighted by atomic mass is 10.0. The Balaban J connectivity index is 1.98. The monoisotopic (exact) mass is 408 g/mol. The van der Waals surface area contributed by atoms with E-state index in [2.05, 4.69) is 10.1 Å². The van der Waals surface area contributed by atoms with Gasteiger partial charge in [-0.1, -0.05) is 0 Å². The summed E-state index contributed by atoms with van der Waals surface area (Å²) >= 11 is 0. The minimum absolute atomic E-state index is 0.0200. The molecule has 0 saturated carbocycles. The first-order valence-electron chi connectivity index (χ1n) is 8.41. The molecule has 6 nitrogen and oxygen atoms in total. The summed E-state index contributed by atoms with van der Waals surface area (Å²) in [6.45, 7) is 1.07. The van der Waals surface area contributed by atoms with Crippen molar-refractivity contribution in [3.05, 3.63) is 76.0 Å². The molecule has 3 aromatic rings. The Hall–Kier alpha value is -3.27. The second-order valence-electron chi connectivity index (χ2n) is 6.39. The fourth-order valence-corrected chi connectivity index (χ4v) is 3.05. The molecular weight excluding hydrogens is 392 g/mol. The van der Waals surface area contributed by atoms with Crippen LogP contribution in [-0.4, -0.2) is 25.8 Å². The minimum Gasteiger partial charge on any atom is -0.390 e. The second kappa shape index (κ2) is 7.63. The van der Waals surface area contributed by atoms with E-state index in [1.54, 1.807) is 19.1 Å². The highest BCUT2D eigenvalue weighted by Crippen LogP contribution is 2.31. The number of primary amides is 1. The zero-order chi connectivity index (χ0) is 21.3. The zero-order valence-corrected chi connectivity index (χ0v) is 15.2. The Morgan fingerprint density at radius 1 is 1.21 bits per heavy atom. The van der Waals surface area contributed by atoms with E-state index in [0.717, 1.165) is 12.1 Å². The first-order valence-corrected chi connectivity index (χ1v) is 8.41. The molecule has 0 atom stereocenters. The summed E-state index contributed by atoms with van der Waals surface area (Å²) in [4.78, 5) is 15.8. The van der Waals surface area contributed by atoms with E-state index in [1.807, 2.05) is 0 Å². The van der Waals surface area contributed by atoms with Gasteiger partial charge in [0.2, 0.25) is 0 Å². The number of carbonyl (C=O) groups excluding carboxylic acids is 1. The van der Waals surface area contributed by atoms with Crippen LogP contribution in [0.15, 0.2) is 36.5 Å². The molecule has 0 aliphatic heterocycles. The van der Waals surface area contributed by atoms with Crippen molar-refractivity contribution in [2.24, 2.45) is 5.73 Å². The molecule has 0 spiro atoms. The van der Waals surface area contributed by atoms with Crippen molar-refractivity contribution >= 4 is 5.91 Å². The third-order valence-electron chi connectivity index (χ3n) is 4.31. The van der Waals surface area contributed by atoms with Gasteiger partial charge in [0, 0.05) is 6.20 Å². The van der Waals surface area contributed by atoms with Crippen LogP contribution in [0.4, 0.5) is 17.6 Å². The number of halogens is 4. The largest absolute Gasteiger partial charge is 0.416 e. The van der Waals surface area contributed by atoms with Crippen molar-refractivity contribution in [3.63, 3.8) is 0 Å². The Morgan fingerprint density at radius 3 is 2.52 bits per heavy atom. The van der Waals surface area contributed by atoms with E-state index in [0.29, 0.717) is 17.3 Å². The number of amides is 1. The van der Waals surface area contributed by atoms with Crippen LogP contribution in [0.2, 0.25) is 0 Å². The van der Waals surface area contributed by atoms with E-state index in [4.69, 9.17) is 5.73 Å². The highest BCUT2D eigenvalue weighted by Gasteiger charge is 2.31. The lowest BCUT2D eigenvalue weighted by molar-refractivity contribution is -0.137. The molecular formula is C19H16F4N4O2. The van der Waals surface area contributed by atoms with E-state index < -0.39 is 30.1 Å². The van der Waals surface area contributed by atoms with Gasteiger partial charge in [0.1, 0.15) is 11.5 Å². The average Bonchev–Trinajstić information content (AvgIpc) is 2.97. The number of hydrogen-bond acceptors (Lipinski definition) is 4. The van der Waals surface area contributed by atoms with Gasteiger partial charge in [-0.2, -0.15) is 18.3 Å². The Kier molecular flexibility index (Phi) is 5.38. The van der Waals surface area contributed by atoms with Crippen LogP contribution in [-0.2, 0) is 19.2 Å². The number of nitrogens with two attached hydrogens (primary N) is 1. The lowest BCUT2D eigenvalue weighted by Gasteiger charge is -2.10. The number of carbonyl (C=O) groups is 1. The van der Waals surface area contributed by atoms with Crippen LogP contribution in [0.5, 0.6) is 0 Å². The molecule has 3 N–H and O–H groups in total. The van der Waals surface area contributed by atoms with Crippen molar-refractivity contribution in [1.29, 1.82) is 0 Å². The SMILES string of the molecule is Cc1c(C(N)=O)c(CO)nn1-c1cc(Cc2cc(F)cc(C(F)(F)F)c2)ccn1. The molecule has 0 bridgehead atoms. The second-order valence-corrected chi connectivity index (χ2v) is 6.39. The third-order valence-corrected chi connectivity index (χ3v) is 4.31. The lowest BCUT2D eigenvalue weighted by Crippen LogP contribution is -2.14. The van der Waals surface area contributed by atoms with Gasteiger partial charge in [-0.15, -0.1) is 0 Å². The first-order chi connectivity index (χ1) is 13.6. The molecule has 2 heterocycles. The van der Waals surface area contributed by atoms with E-state index >= 15 is 0 Å². The fourth-order valence-electron chi connectivity index (χ4n) is 3.05. The van der Waals surface area contributed by atoms with Crippen molar-refractivity contribution in [1.82, 2.24) is 14.8 Å². The zero-order valence-electron chi connectivity index (χ0n) is 15.2. The maximum atomic E-state index is 13.6. The normalized spacial score (nSPS) is 11.7. The number of benzene rings is 1. The standard InChI is InChI=1S/C19H16F4N4O2/c1-10-17(18(24)29)15(9-28)26-27(10)16-7-11(2-3-25-16)4-12-5-13(19(21,22)23)8-14(20)6-12/h2-3,5-8,28H,4,9H2,1H3,(H2,24,29). The molecule has 10 heteroatoms. The van der Waals surface area contributed by atoms with Crippen LogP contribution < -0.4 is 5.73 Å². The van der Waals surface area contributed by atoms with Crippen molar-refractivity contribution in [3.8, 4) is 5.82 Å². The molecule has 1 aromatic carbocycles. The van der Waals surface area contributed by atoms with Gasteiger partial charge < -0.3 is 10.8 Å². The van der Waals surface area contributed by atoms with Crippen LogP contribution in [0.3, 0.4) is 0 Å². The Bertz CT molecular complexity index is 1080. The number of alkyl halides is 3. The molecule has 29 heavy (non-hydrogen) atoms. The van der Waals surface area contributed by atoms with Crippen LogP contribution in [0.25, 0.3) is 5.82 Å². The van der Waals surface area contributed by atoms with Gasteiger partial charge in [0.05, 0.1) is 23.4 Å². The molecule has 0 fully saturated rings. The topological polar surface area (TPSA) is 94.0 Å². The predicted octanol–water partition coefficient (Wildman–Crippen LogP) is 2.92. The number of aliphatic hydroxyl groups excluding tert-OH is 1. The minimum atomic E-state index is -4.65. The van der Waals surface area contributed by atoms with Gasteiger partial charge >= 0.3 is 6.18 Å². The number of pyridine rings is 1. The van der Waals surface area contributed by atoms with Crippen LogP contribution >= 0.6 is 0 Å². The number of nitrogens with zero attached hydrogens (tertiary/aromatic N) is 3. The summed E-state index contributed by atoms with van der Waals surface area (Å²) in [7, 11) is 0. The summed E-state index contributed by atoms with van der Waals surface area (Å²) in [5.41, 5.74) is 5.46. The molecule has 0 unspecified atom stereocenters. The maximum Gasteiger partial charge on any atom is 0.416 e. The molecule has 0 saturated heterocycles. The summed E-state index contributed by atoms with van der Waals surface area (Å²) in [5.74, 6) is -1.46. The van der Waals surface area contributed by atoms with Gasteiger partial charge in [0.25, 0.3) is 5.91 Å². The van der Waals surface area contributed by atoms with E-state index in [1.165, 1.54) is 10.9 Å². The number of aromatic nitrogens is 3. The van der Waals surface area contributed by atoms with Crippen molar-refractivity contribution in [2.75, 3.05) is 0 Å². The molecule has 152 valence electrons. The van der Waals surface area contributed by atoms with Gasteiger partial charge in [0.15, 0.2) is 5.82 Å². The average molecular weight is 408 g/mol. The number of rotatable bonds is 5. The molecule has 0 aliphatic rings. The Morgan fingerprint density at radius 2 is 1.93 bits per heavy atom. The first kappa shape index (κ1) is 20.5. The summed E-state index contributed by atoms with van der Waals surface area (Å²) < 4.78 is 53.7. The molecule has 1 amide bonds. The molecule has 0 aliphatic carbocycles. The fraction of sp³-hybridized carbons (Fsp3) is 0.211. The molecule has 3 rings (SSSR count). The molecule has 0 radical (unpaired) electrons. The summed E-state index contributed by atoms with van der Waals surface area (Å²) in [6.07, 6.45) is -3.22. The van der Waals surface area contributed by atoms with Gasteiger partial charge in [-0.3, -0.25) is 4.79 Å². The summed E-state index contributed by atoms with van der Waals surface area (Å²) in [6, 6.07) is 5.48. The van der Waals surface area contributed by atoms with Crippen LogP contribution in [0, 0.1) is 12.7 Å². The number of aliphatic hydroxyl groups is 1. The quantitative estimate of drug-likeness (QED) is 0.635. The number of hydrogen-bond donors (Lipinski definition) is 2. The smallest absolute Gasteiger partial charge is 0.390 e. The Labute approximate surface area is 162 Å². The third kappa shape index (κ3) is 4.27. The van der Waals surface area contributed by atoms with Gasteiger partial charge in [-0.25, -0.2) is 14.1 Å². The van der Waals surface area contributed by atoms with Crippen molar-refractivity contribution < 1.29 is 27.5 Å².